The summed E-state index contributed by atoms with van der Waals surface area (Å²) in [4.78, 5) is 4.09. The standard InChI is InChI=1S/C9H13ClN2/c1-12-8(6-11-9(12)10)7-4-2-3-5-7/h6-7H,2-5H2,1H3. The van der Waals surface area contributed by atoms with Gasteiger partial charge in [0.05, 0.1) is 6.20 Å². The summed E-state index contributed by atoms with van der Waals surface area (Å²) >= 11 is 5.86. The van der Waals surface area contributed by atoms with Crippen LogP contribution in [0.1, 0.15) is 37.3 Å². The summed E-state index contributed by atoms with van der Waals surface area (Å²) in [7, 11) is 1.99. The fourth-order valence-electron chi connectivity index (χ4n) is 2.00. The topological polar surface area (TPSA) is 17.8 Å². The molecule has 3 heteroatoms. The lowest BCUT2D eigenvalue weighted by Gasteiger charge is -2.08. The lowest BCUT2D eigenvalue weighted by molar-refractivity contribution is 0.656. The number of nitrogens with zero attached hydrogens (tertiary/aromatic N) is 2. The van der Waals surface area contributed by atoms with Crippen molar-refractivity contribution in [3.05, 3.63) is 17.2 Å². The number of halogens is 1. The minimum absolute atomic E-state index is 0.608. The van der Waals surface area contributed by atoms with Crippen molar-refractivity contribution in [3.63, 3.8) is 0 Å². The summed E-state index contributed by atoms with van der Waals surface area (Å²) in [6.07, 6.45) is 7.23. The third-order valence-electron chi connectivity index (χ3n) is 2.74. The van der Waals surface area contributed by atoms with Crippen LogP contribution in [0.5, 0.6) is 0 Å². The second-order valence-electron chi connectivity index (χ2n) is 3.49. The van der Waals surface area contributed by atoms with Crippen molar-refractivity contribution in [3.8, 4) is 0 Å². The van der Waals surface area contributed by atoms with Gasteiger partial charge in [0.2, 0.25) is 5.28 Å². The second kappa shape index (κ2) is 3.09. The van der Waals surface area contributed by atoms with Crippen LogP contribution >= 0.6 is 11.6 Å². The van der Waals surface area contributed by atoms with Crippen LogP contribution in [0.25, 0.3) is 0 Å². The number of imidazole rings is 1. The molecule has 0 unspecified atom stereocenters. The van der Waals surface area contributed by atoms with Gasteiger partial charge in [-0.1, -0.05) is 12.8 Å². The van der Waals surface area contributed by atoms with Crippen LogP contribution in [0, 0.1) is 0 Å². The van der Waals surface area contributed by atoms with E-state index in [-0.39, 0.29) is 0 Å². The molecule has 1 aliphatic carbocycles. The molecule has 2 nitrogen and oxygen atoms in total. The van der Waals surface area contributed by atoms with Crippen molar-refractivity contribution in [1.29, 1.82) is 0 Å². The SMILES string of the molecule is Cn1c(C2CCCC2)cnc1Cl. The van der Waals surface area contributed by atoms with E-state index >= 15 is 0 Å². The first-order chi connectivity index (χ1) is 5.79. The van der Waals surface area contributed by atoms with Crippen molar-refractivity contribution >= 4 is 11.6 Å². The van der Waals surface area contributed by atoms with Crippen LogP contribution in [-0.4, -0.2) is 9.55 Å². The lowest BCUT2D eigenvalue weighted by atomic mass is 10.1. The molecular formula is C9H13ClN2. The van der Waals surface area contributed by atoms with Crippen molar-refractivity contribution < 1.29 is 0 Å². The Morgan fingerprint density at radius 1 is 1.50 bits per heavy atom. The minimum atomic E-state index is 0.608. The zero-order chi connectivity index (χ0) is 8.55. The Hall–Kier alpha value is -0.500. The highest BCUT2D eigenvalue weighted by molar-refractivity contribution is 6.28. The van der Waals surface area contributed by atoms with Gasteiger partial charge in [-0.15, -0.1) is 0 Å². The fraction of sp³-hybridized carbons (Fsp3) is 0.667. The van der Waals surface area contributed by atoms with E-state index in [0.29, 0.717) is 11.2 Å². The highest BCUT2D eigenvalue weighted by Gasteiger charge is 2.20. The monoisotopic (exact) mass is 184 g/mol. The molecule has 0 radical (unpaired) electrons. The van der Waals surface area contributed by atoms with Gasteiger partial charge in [0.25, 0.3) is 0 Å². The lowest BCUT2D eigenvalue weighted by Crippen LogP contribution is -2.00. The van der Waals surface area contributed by atoms with Gasteiger partial charge in [0.1, 0.15) is 0 Å². The van der Waals surface area contributed by atoms with Crippen molar-refractivity contribution in [1.82, 2.24) is 9.55 Å². The van der Waals surface area contributed by atoms with Crippen molar-refractivity contribution in [2.75, 3.05) is 0 Å². The summed E-state index contributed by atoms with van der Waals surface area (Å²) in [6, 6.07) is 0. The zero-order valence-corrected chi connectivity index (χ0v) is 8.01. The normalized spacial score (nSPS) is 18.8. The molecule has 66 valence electrons. The smallest absolute Gasteiger partial charge is 0.202 e. The molecule has 1 aromatic heterocycles. The van der Waals surface area contributed by atoms with Gasteiger partial charge >= 0.3 is 0 Å². The van der Waals surface area contributed by atoms with Gasteiger partial charge in [0.15, 0.2) is 0 Å². The maximum atomic E-state index is 5.86. The van der Waals surface area contributed by atoms with E-state index in [1.54, 1.807) is 0 Å². The Bertz CT molecular complexity index is 274. The van der Waals surface area contributed by atoms with E-state index in [2.05, 4.69) is 4.98 Å². The summed E-state index contributed by atoms with van der Waals surface area (Å²) < 4.78 is 2.00. The first kappa shape index (κ1) is 8.11. The maximum Gasteiger partial charge on any atom is 0.202 e. The quantitative estimate of drug-likeness (QED) is 0.657. The minimum Gasteiger partial charge on any atom is -0.322 e. The molecule has 0 N–H and O–H groups in total. The molecule has 0 saturated heterocycles. The molecule has 1 fully saturated rings. The van der Waals surface area contributed by atoms with E-state index in [1.165, 1.54) is 31.4 Å². The van der Waals surface area contributed by atoms with E-state index in [1.807, 2.05) is 17.8 Å². The predicted molar refractivity (Wildman–Crippen MR) is 49.4 cm³/mol. The molecule has 2 rings (SSSR count). The predicted octanol–water partition coefficient (Wildman–Crippen LogP) is 2.73. The molecule has 0 atom stereocenters. The molecular weight excluding hydrogens is 172 g/mol. The number of rotatable bonds is 1. The Kier molecular flexibility index (Phi) is 2.09. The first-order valence-corrected chi connectivity index (χ1v) is 4.84. The second-order valence-corrected chi connectivity index (χ2v) is 3.83. The highest BCUT2D eigenvalue weighted by atomic mass is 35.5. The van der Waals surface area contributed by atoms with Gasteiger partial charge < -0.3 is 4.57 Å². The van der Waals surface area contributed by atoms with Gasteiger partial charge in [-0.25, -0.2) is 4.98 Å². The van der Waals surface area contributed by atoms with Crippen molar-refractivity contribution in [2.24, 2.45) is 7.05 Å². The molecule has 0 aromatic carbocycles. The fourth-order valence-corrected chi connectivity index (χ4v) is 2.15. The third kappa shape index (κ3) is 1.24. The van der Waals surface area contributed by atoms with Crippen LogP contribution in [0.3, 0.4) is 0 Å². The third-order valence-corrected chi connectivity index (χ3v) is 3.09. The van der Waals surface area contributed by atoms with E-state index in [0.717, 1.165) is 0 Å². The molecule has 1 aliphatic rings. The molecule has 0 amide bonds. The highest BCUT2D eigenvalue weighted by Crippen LogP contribution is 2.34. The first-order valence-electron chi connectivity index (χ1n) is 4.46. The van der Waals surface area contributed by atoms with Crippen LogP contribution in [0.4, 0.5) is 0 Å². The van der Waals surface area contributed by atoms with Crippen LogP contribution < -0.4 is 0 Å². The molecule has 0 aliphatic heterocycles. The molecule has 0 spiro atoms. The van der Waals surface area contributed by atoms with Crippen molar-refractivity contribution in [2.45, 2.75) is 31.6 Å². The van der Waals surface area contributed by atoms with Gasteiger partial charge in [0, 0.05) is 18.7 Å². The summed E-state index contributed by atoms with van der Waals surface area (Å²) in [6.45, 7) is 0. The average Bonchev–Trinajstić information content (AvgIpc) is 2.64. The van der Waals surface area contributed by atoms with E-state index in [4.69, 9.17) is 11.6 Å². The zero-order valence-electron chi connectivity index (χ0n) is 7.26. The number of hydrogen-bond donors (Lipinski definition) is 0. The summed E-state index contributed by atoms with van der Waals surface area (Å²) in [5.41, 5.74) is 1.30. The molecule has 1 saturated carbocycles. The molecule has 1 heterocycles. The summed E-state index contributed by atoms with van der Waals surface area (Å²) in [5, 5.41) is 0.608. The van der Waals surface area contributed by atoms with Crippen LogP contribution in [0.2, 0.25) is 5.28 Å². The van der Waals surface area contributed by atoms with E-state index < -0.39 is 0 Å². The average molecular weight is 185 g/mol. The number of hydrogen-bond acceptors (Lipinski definition) is 1. The van der Waals surface area contributed by atoms with Gasteiger partial charge in [-0.3, -0.25) is 0 Å². The van der Waals surface area contributed by atoms with Crippen LogP contribution in [-0.2, 0) is 7.05 Å². The Labute approximate surface area is 77.6 Å². The Balaban J connectivity index is 2.26. The molecule has 12 heavy (non-hydrogen) atoms. The van der Waals surface area contributed by atoms with Gasteiger partial charge in [-0.2, -0.15) is 0 Å². The number of aromatic nitrogens is 2. The van der Waals surface area contributed by atoms with E-state index in [9.17, 15) is 0 Å². The van der Waals surface area contributed by atoms with Gasteiger partial charge in [-0.05, 0) is 24.4 Å². The largest absolute Gasteiger partial charge is 0.322 e. The maximum absolute atomic E-state index is 5.86. The Morgan fingerprint density at radius 2 is 2.17 bits per heavy atom. The van der Waals surface area contributed by atoms with Crippen LogP contribution in [0.15, 0.2) is 6.20 Å². The Morgan fingerprint density at radius 3 is 2.67 bits per heavy atom. The molecule has 0 bridgehead atoms. The molecule has 1 aromatic rings. The summed E-state index contributed by atoms with van der Waals surface area (Å²) in [5.74, 6) is 0.704.